The minimum Gasteiger partial charge on any atom is -0.346 e. The first-order valence-electron chi connectivity index (χ1n) is 11.4. The van der Waals surface area contributed by atoms with Gasteiger partial charge in [-0.15, -0.1) is 0 Å². The lowest BCUT2D eigenvalue weighted by Gasteiger charge is -2.14. The van der Waals surface area contributed by atoms with Crippen molar-refractivity contribution in [2.75, 3.05) is 0 Å². The number of rotatable bonds is 6. The second-order valence-electron chi connectivity index (χ2n) is 8.71. The van der Waals surface area contributed by atoms with E-state index in [1.54, 1.807) is 18.2 Å². The Hall–Kier alpha value is -4.54. The number of carbonyl (C=O) groups excluding carboxylic acids is 1. The summed E-state index contributed by atoms with van der Waals surface area (Å²) in [5.74, 6) is -1.33. The van der Waals surface area contributed by atoms with Gasteiger partial charge in [0.25, 0.3) is 11.5 Å². The van der Waals surface area contributed by atoms with E-state index in [2.05, 4.69) is 10.4 Å². The molecule has 0 aliphatic rings. The monoisotopic (exact) mass is 526 g/mol. The summed E-state index contributed by atoms with van der Waals surface area (Å²) in [6, 6.07) is 14.4. The highest BCUT2D eigenvalue weighted by Gasteiger charge is 2.30. The number of hydrogen-bond donors (Lipinski definition) is 1. The van der Waals surface area contributed by atoms with Crippen LogP contribution >= 0.6 is 0 Å². The minimum absolute atomic E-state index is 0.0398. The highest BCUT2D eigenvalue weighted by molar-refractivity contribution is 5.91. The Balaban J connectivity index is 1.76. The number of carbonyl (C=O) groups is 1. The van der Waals surface area contributed by atoms with Crippen molar-refractivity contribution >= 4 is 5.91 Å². The molecule has 4 rings (SSSR count). The summed E-state index contributed by atoms with van der Waals surface area (Å²) in [6.45, 7) is 3.26. The van der Waals surface area contributed by atoms with Crippen LogP contribution < -0.4 is 16.6 Å². The molecule has 4 aromatic rings. The van der Waals surface area contributed by atoms with Crippen LogP contribution in [0.2, 0.25) is 0 Å². The van der Waals surface area contributed by atoms with E-state index in [0.29, 0.717) is 11.3 Å². The van der Waals surface area contributed by atoms with E-state index in [-0.39, 0.29) is 18.7 Å². The maximum Gasteiger partial charge on any atom is 0.416 e. The van der Waals surface area contributed by atoms with Gasteiger partial charge in [-0.1, -0.05) is 30.3 Å². The summed E-state index contributed by atoms with van der Waals surface area (Å²) in [6.07, 6.45) is -4.54. The Bertz CT molecular complexity index is 1610. The summed E-state index contributed by atoms with van der Waals surface area (Å²) in [4.78, 5) is 39.5. The lowest BCUT2D eigenvalue weighted by Crippen LogP contribution is -2.46. The zero-order chi connectivity index (χ0) is 27.6. The number of amides is 1. The first kappa shape index (κ1) is 26.5. The van der Waals surface area contributed by atoms with E-state index >= 15 is 0 Å². The van der Waals surface area contributed by atoms with Crippen LogP contribution in [0.15, 0.2) is 76.3 Å². The van der Waals surface area contributed by atoms with E-state index in [0.717, 1.165) is 44.6 Å². The van der Waals surface area contributed by atoms with Crippen LogP contribution in [-0.4, -0.2) is 20.3 Å². The van der Waals surface area contributed by atoms with E-state index in [9.17, 15) is 31.9 Å². The molecule has 196 valence electrons. The average molecular weight is 526 g/mol. The van der Waals surface area contributed by atoms with E-state index in [1.165, 1.54) is 24.3 Å². The lowest BCUT2D eigenvalue weighted by molar-refractivity contribution is -0.137. The topological polar surface area (TPSA) is 86.0 Å². The third-order valence-corrected chi connectivity index (χ3v) is 6.00. The van der Waals surface area contributed by atoms with Crippen LogP contribution in [-0.2, 0) is 19.3 Å². The highest BCUT2D eigenvalue weighted by Crippen LogP contribution is 2.29. The Morgan fingerprint density at radius 2 is 1.53 bits per heavy atom. The second kappa shape index (κ2) is 10.4. The molecule has 0 fully saturated rings. The molecule has 0 saturated carbocycles. The summed E-state index contributed by atoms with van der Waals surface area (Å²) in [5.41, 5.74) is -0.462. The lowest BCUT2D eigenvalue weighted by atomic mass is 10.1. The van der Waals surface area contributed by atoms with Crippen LogP contribution in [0.4, 0.5) is 17.6 Å². The van der Waals surface area contributed by atoms with Gasteiger partial charge in [-0.25, -0.2) is 9.18 Å². The van der Waals surface area contributed by atoms with E-state index < -0.39 is 40.4 Å². The molecule has 0 radical (unpaired) electrons. The molecule has 1 N–H and O–H groups in total. The zero-order valence-electron chi connectivity index (χ0n) is 20.3. The smallest absolute Gasteiger partial charge is 0.346 e. The van der Waals surface area contributed by atoms with Crippen LogP contribution in [0.1, 0.15) is 38.3 Å². The molecule has 1 heterocycles. The molecule has 0 aliphatic heterocycles. The third-order valence-electron chi connectivity index (χ3n) is 6.00. The Morgan fingerprint density at radius 3 is 2.13 bits per heavy atom. The van der Waals surface area contributed by atoms with Crippen LogP contribution in [0.3, 0.4) is 0 Å². The van der Waals surface area contributed by atoms with Crippen molar-refractivity contribution in [2.24, 2.45) is 0 Å². The molecule has 11 heteroatoms. The summed E-state index contributed by atoms with van der Waals surface area (Å²) in [7, 11) is 0. The number of aromatic nitrogens is 3. The third kappa shape index (κ3) is 5.72. The molecule has 0 spiro atoms. The van der Waals surface area contributed by atoms with Crippen LogP contribution in [0.5, 0.6) is 0 Å². The quantitative estimate of drug-likeness (QED) is 0.383. The number of alkyl halides is 3. The normalized spacial score (nSPS) is 11.4. The molecule has 1 aromatic heterocycles. The Morgan fingerprint density at radius 1 is 0.895 bits per heavy atom. The number of benzene rings is 3. The molecule has 3 aromatic carbocycles. The van der Waals surface area contributed by atoms with Gasteiger partial charge in [0.15, 0.2) is 0 Å². The Kier molecular flexibility index (Phi) is 7.29. The van der Waals surface area contributed by atoms with Crippen molar-refractivity contribution in [2.45, 2.75) is 33.1 Å². The number of nitrogens with zero attached hydrogens (tertiary/aromatic N) is 3. The van der Waals surface area contributed by atoms with Gasteiger partial charge in [0.05, 0.1) is 17.8 Å². The van der Waals surface area contributed by atoms with Gasteiger partial charge in [-0.3, -0.25) is 14.2 Å². The first-order valence-corrected chi connectivity index (χ1v) is 11.4. The van der Waals surface area contributed by atoms with Gasteiger partial charge in [-0.2, -0.15) is 23.0 Å². The second-order valence-corrected chi connectivity index (χ2v) is 8.71. The molecule has 0 bridgehead atoms. The van der Waals surface area contributed by atoms with Gasteiger partial charge in [-0.05, 0) is 72.5 Å². The standard InChI is InChI=1S/C27H22F4N4O3/c1-16-3-12-22(13-17(16)2)35-26(38)34(15-19-4-8-20(9-5-19)27(29,30)31)25(37)23(33-35)24(36)32-14-18-6-10-21(28)11-7-18/h3-13H,14-15H2,1-2H3,(H,32,36). The molecule has 38 heavy (non-hydrogen) atoms. The summed E-state index contributed by atoms with van der Waals surface area (Å²) < 4.78 is 53.7. The molecule has 0 saturated heterocycles. The van der Waals surface area contributed by atoms with Crippen molar-refractivity contribution < 1.29 is 22.4 Å². The largest absolute Gasteiger partial charge is 0.416 e. The SMILES string of the molecule is Cc1ccc(-n2nc(C(=O)NCc3ccc(F)cc3)c(=O)n(Cc3ccc(C(F)(F)F)cc3)c2=O)cc1C. The maximum absolute atomic E-state index is 13.3. The summed E-state index contributed by atoms with van der Waals surface area (Å²) in [5, 5.41) is 6.57. The molecule has 0 unspecified atom stereocenters. The Labute approximate surface area is 214 Å². The van der Waals surface area contributed by atoms with Crippen molar-refractivity contribution in [3.05, 3.63) is 127 Å². The highest BCUT2D eigenvalue weighted by atomic mass is 19.4. The molecule has 0 atom stereocenters. The van der Waals surface area contributed by atoms with Crippen molar-refractivity contribution in [1.82, 2.24) is 19.7 Å². The van der Waals surface area contributed by atoms with Crippen LogP contribution in [0.25, 0.3) is 5.69 Å². The van der Waals surface area contributed by atoms with Gasteiger partial charge >= 0.3 is 11.9 Å². The van der Waals surface area contributed by atoms with E-state index in [1.807, 2.05) is 13.8 Å². The zero-order valence-corrected chi connectivity index (χ0v) is 20.3. The number of nitrogens with one attached hydrogen (secondary N) is 1. The van der Waals surface area contributed by atoms with Gasteiger partial charge in [0.2, 0.25) is 5.69 Å². The molecule has 7 nitrogen and oxygen atoms in total. The van der Waals surface area contributed by atoms with Gasteiger partial charge in [0, 0.05) is 6.54 Å². The van der Waals surface area contributed by atoms with E-state index in [4.69, 9.17) is 0 Å². The van der Waals surface area contributed by atoms with Crippen molar-refractivity contribution in [1.29, 1.82) is 0 Å². The predicted molar refractivity (Wildman–Crippen MR) is 132 cm³/mol. The van der Waals surface area contributed by atoms with Gasteiger partial charge in [0.1, 0.15) is 5.82 Å². The number of hydrogen-bond acceptors (Lipinski definition) is 4. The van der Waals surface area contributed by atoms with Crippen molar-refractivity contribution in [3.8, 4) is 5.69 Å². The average Bonchev–Trinajstić information content (AvgIpc) is 2.87. The fraction of sp³-hybridized carbons (Fsp3) is 0.185. The fourth-order valence-electron chi connectivity index (χ4n) is 3.67. The number of aryl methyl sites for hydroxylation is 2. The molecular formula is C27H22F4N4O3. The predicted octanol–water partition coefficient (Wildman–Crippen LogP) is 4.15. The van der Waals surface area contributed by atoms with Crippen LogP contribution in [0, 0.1) is 19.7 Å². The minimum atomic E-state index is -4.54. The molecular weight excluding hydrogens is 504 g/mol. The van der Waals surface area contributed by atoms with Gasteiger partial charge < -0.3 is 5.32 Å². The first-order chi connectivity index (χ1) is 17.9. The molecule has 0 aliphatic carbocycles. The fourth-order valence-corrected chi connectivity index (χ4v) is 3.67. The number of halogens is 4. The molecule has 1 amide bonds. The van der Waals surface area contributed by atoms with Crippen molar-refractivity contribution in [3.63, 3.8) is 0 Å². The maximum atomic E-state index is 13.3. The summed E-state index contributed by atoms with van der Waals surface area (Å²) >= 11 is 0.